The molecule has 2 atom stereocenters. The van der Waals surface area contributed by atoms with Gasteiger partial charge in [0.05, 0.1) is 0 Å². The molecule has 2 fully saturated rings. The number of guanidine groups is 1. The number of nitrogens with zero attached hydrogens (tertiary/aromatic N) is 5. The van der Waals surface area contributed by atoms with Crippen LogP contribution in [0.5, 0.6) is 0 Å². The van der Waals surface area contributed by atoms with Gasteiger partial charge in [-0.3, -0.25) is 4.99 Å². The van der Waals surface area contributed by atoms with Gasteiger partial charge in [0.15, 0.2) is 5.96 Å². The lowest BCUT2D eigenvalue weighted by Crippen LogP contribution is -2.52. The van der Waals surface area contributed by atoms with E-state index in [1.165, 1.54) is 38.9 Å². The van der Waals surface area contributed by atoms with Crippen molar-refractivity contribution >= 4 is 11.8 Å². The lowest BCUT2D eigenvalue weighted by atomic mass is 9.92. The largest absolute Gasteiger partial charge is 0.357 e. The van der Waals surface area contributed by atoms with Crippen LogP contribution in [0.25, 0.3) is 0 Å². The fourth-order valence-corrected chi connectivity index (χ4v) is 4.72. The van der Waals surface area contributed by atoms with Gasteiger partial charge in [-0.15, -0.1) is 0 Å². The SMILES string of the molecule is CCNC(=NCCCCN1CC(C)CC(C)C1)N1CCN(c2ccccn2)CC1. The highest BCUT2D eigenvalue weighted by atomic mass is 15.4. The zero-order valence-electron chi connectivity index (χ0n) is 18.7. The number of piperazine rings is 1. The van der Waals surface area contributed by atoms with Crippen LogP contribution < -0.4 is 10.2 Å². The fourth-order valence-electron chi connectivity index (χ4n) is 4.72. The number of anilines is 1. The maximum absolute atomic E-state index is 4.93. The highest BCUT2D eigenvalue weighted by Crippen LogP contribution is 2.21. The lowest BCUT2D eigenvalue weighted by molar-refractivity contribution is 0.139. The van der Waals surface area contributed by atoms with E-state index < -0.39 is 0 Å². The van der Waals surface area contributed by atoms with Gasteiger partial charge in [0, 0.05) is 58.6 Å². The maximum atomic E-state index is 4.93. The van der Waals surface area contributed by atoms with E-state index >= 15 is 0 Å². The van der Waals surface area contributed by atoms with E-state index in [9.17, 15) is 0 Å². The third kappa shape index (κ3) is 6.88. The molecule has 1 aromatic heterocycles. The Bertz CT molecular complexity index is 601. The Morgan fingerprint density at radius 2 is 1.86 bits per heavy atom. The lowest BCUT2D eigenvalue weighted by Gasteiger charge is -2.37. The molecule has 3 heterocycles. The number of pyridine rings is 1. The first-order valence-electron chi connectivity index (χ1n) is 11.6. The second-order valence-corrected chi connectivity index (χ2v) is 8.81. The van der Waals surface area contributed by atoms with E-state index in [0.29, 0.717) is 0 Å². The number of rotatable bonds is 7. The minimum atomic E-state index is 0.849. The van der Waals surface area contributed by atoms with Gasteiger partial charge in [-0.25, -0.2) is 4.98 Å². The smallest absolute Gasteiger partial charge is 0.194 e. The average Bonchev–Trinajstić information content (AvgIpc) is 2.73. The normalized spacial score (nSPS) is 24.0. The molecule has 2 aliphatic rings. The molecular weight excluding hydrogens is 360 g/mol. The van der Waals surface area contributed by atoms with E-state index in [1.807, 2.05) is 12.3 Å². The molecule has 162 valence electrons. The van der Waals surface area contributed by atoms with Gasteiger partial charge in [-0.1, -0.05) is 19.9 Å². The molecule has 1 aromatic rings. The van der Waals surface area contributed by atoms with Gasteiger partial charge in [0.25, 0.3) is 0 Å². The average molecular weight is 401 g/mol. The zero-order chi connectivity index (χ0) is 20.5. The molecule has 0 spiro atoms. The summed E-state index contributed by atoms with van der Waals surface area (Å²) in [6.07, 6.45) is 5.68. The van der Waals surface area contributed by atoms with Crippen molar-refractivity contribution in [3.05, 3.63) is 24.4 Å². The third-order valence-electron chi connectivity index (χ3n) is 5.98. The van der Waals surface area contributed by atoms with Crippen LogP contribution in [-0.2, 0) is 0 Å². The quantitative estimate of drug-likeness (QED) is 0.433. The number of aliphatic imine (C=N–C) groups is 1. The molecule has 0 saturated carbocycles. The molecule has 3 rings (SSSR count). The van der Waals surface area contributed by atoms with Gasteiger partial charge >= 0.3 is 0 Å². The molecule has 2 aliphatic heterocycles. The highest BCUT2D eigenvalue weighted by Gasteiger charge is 2.22. The zero-order valence-corrected chi connectivity index (χ0v) is 18.7. The summed E-state index contributed by atoms with van der Waals surface area (Å²) in [5, 5.41) is 3.49. The van der Waals surface area contributed by atoms with Crippen molar-refractivity contribution in [1.29, 1.82) is 0 Å². The Hall–Kier alpha value is -1.82. The molecule has 0 bridgehead atoms. The predicted molar refractivity (Wildman–Crippen MR) is 123 cm³/mol. The maximum Gasteiger partial charge on any atom is 0.194 e. The van der Waals surface area contributed by atoms with Crippen LogP contribution >= 0.6 is 0 Å². The van der Waals surface area contributed by atoms with Crippen molar-refractivity contribution in [2.75, 3.05) is 63.8 Å². The number of nitrogens with one attached hydrogen (secondary N) is 1. The first kappa shape index (κ1) is 21.9. The number of piperidine rings is 1. The van der Waals surface area contributed by atoms with Crippen LogP contribution in [0.4, 0.5) is 5.82 Å². The van der Waals surface area contributed by atoms with Crippen LogP contribution in [0, 0.1) is 11.8 Å². The number of aromatic nitrogens is 1. The summed E-state index contributed by atoms with van der Waals surface area (Å²) in [5.74, 6) is 3.85. The van der Waals surface area contributed by atoms with Gasteiger partial charge in [-0.2, -0.15) is 0 Å². The summed E-state index contributed by atoms with van der Waals surface area (Å²) in [4.78, 5) is 16.8. The molecule has 1 N–H and O–H groups in total. The number of likely N-dealkylation sites (tertiary alicyclic amines) is 1. The second-order valence-electron chi connectivity index (χ2n) is 8.81. The molecule has 0 radical (unpaired) electrons. The van der Waals surface area contributed by atoms with Crippen LogP contribution in [0.15, 0.2) is 29.4 Å². The Morgan fingerprint density at radius 3 is 2.52 bits per heavy atom. The molecule has 6 nitrogen and oxygen atoms in total. The molecule has 0 aromatic carbocycles. The Kier molecular flexibility index (Phi) is 8.59. The van der Waals surface area contributed by atoms with Gasteiger partial charge in [0.1, 0.15) is 5.82 Å². The van der Waals surface area contributed by atoms with Crippen molar-refractivity contribution in [1.82, 2.24) is 20.1 Å². The van der Waals surface area contributed by atoms with Gasteiger partial charge in [0.2, 0.25) is 0 Å². The third-order valence-corrected chi connectivity index (χ3v) is 5.98. The minimum absolute atomic E-state index is 0.849. The summed E-state index contributed by atoms with van der Waals surface area (Å²) in [7, 11) is 0. The number of hydrogen-bond acceptors (Lipinski definition) is 4. The van der Waals surface area contributed by atoms with Crippen molar-refractivity contribution in [3.8, 4) is 0 Å². The molecule has 29 heavy (non-hydrogen) atoms. The van der Waals surface area contributed by atoms with Crippen LogP contribution in [0.3, 0.4) is 0 Å². The Morgan fingerprint density at radius 1 is 1.10 bits per heavy atom. The van der Waals surface area contributed by atoms with Gasteiger partial charge in [-0.05, 0) is 56.7 Å². The Balaban J connectivity index is 1.40. The summed E-state index contributed by atoms with van der Waals surface area (Å²) < 4.78 is 0. The van der Waals surface area contributed by atoms with E-state index in [-0.39, 0.29) is 0 Å². The number of unbranched alkanes of at least 4 members (excludes halogenated alkanes) is 1. The first-order chi connectivity index (χ1) is 14.2. The van der Waals surface area contributed by atoms with Crippen molar-refractivity contribution in [3.63, 3.8) is 0 Å². The van der Waals surface area contributed by atoms with Crippen LogP contribution in [0.2, 0.25) is 0 Å². The van der Waals surface area contributed by atoms with E-state index in [0.717, 1.165) is 62.9 Å². The topological polar surface area (TPSA) is 47.0 Å². The summed E-state index contributed by atoms with van der Waals surface area (Å²) in [5.41, 5.74) is 0. The fraction of sp³-hybridized carbons (Fsp3) is 0.739. The minimum Gasteiger partial charge on any atom is -0.357 e. The van der Waals surface area contributed by atoms with Crippen molar-refractivity contribution in [2.45, 2.75) is 40.0 Å². The van der Waals surface area contributed by atoms with Crippen molar-refractivity contribution in [2.24, 2.45) is 16.8 Å². The molecule has 2 unspecified atom stereocenters. The van der Waals surface area contributed by atoms with E-state index in [4.69, 9.17) is 4.99 Å². The molecular formula is C23H40N6. The van der Waals surface area contributed by atoms with Crippen molar-refractivity contribution < 1.29 is 0 Å². The number of hydrogen-bond donors (Lipinski definition) is 1. The standard InChI is InChI=1S/C23H40N6/c1-4-24-23(26-11-7-8-12-27-18-20(2)17-21(3)19-27)29-15-13-28(14-16-29)22-9-5-6-10-25-22/h5-6,9-10,20-21H,4,7-8,11-19H2,1-3H3,(H,24,26). The molecule has 6 heteroatoms. The highest BCUT2D eigenvalue weighted by molar-refractivity contribution is 5.80. The molecule has 0 amide bonds. The summed E-state index contributed by atoms with van der Waals surface area (Å²) in [6, 6.07) is 6.13. The van der Waals surface area contributed by atoms with Gasteiger partial charge < -0.3 is 20.0 Å². The summed E-state index contributed by atoms with van der Waals surface area (Å²) >= 11 is 0. The molecule has 0 aliphatic carbocycles. The molecule has 2 saturated heterocycles. The van der Waals surface area contributed by atoms with Crippen LogP contribution in [-0.4, -0.2) is 79.6 Å². The predicted octanol–water partition coefficient (Wildman–Crippen LogP) is 2.93. The summed E-state index contributed by atoms with van der Waals surface area (Å²) in [6.45, 7) is 16.5. The second kappa shape index (κ2) is 11.4. The van der Waals surface area contributed by atoms with Crippen LogP contribution in [0.1, 0.15) is 40.0 Å². The monoisotopic (exact) mass is 400 g/mol. The van der Waals surface area contributed by atoms with E-state index in [2.05, 4.69) is 57.9 Å². The first-order valence-corrected chi connectivity index (χ1v) is 11.6. The Labute approximate surface area is 177 Å². The van der Waals surface area contributed by atoms with E-state index in [1.54, 1.807) is 0 Å².